The van der Waals surface area contributed by atoms with E-state index in [-0.39, 0.29) is 33.2 Å². The molecule has 36 heavy (non-hydrogen) atoms. The highest BCUT2D eigenvalue weighted by molar-refractivity contribution is 5.18. The van der Waals surface area contributed by atoms with E-state index < -0.39 is 0 Å². The summed E-state index contributed by atoms with van der Waals surface area (Å²) in [6.45, 7) is 27.8. The third-order valence-electron chi connectivity index (χ3n) is 8.35. The number of rotatable bonds is 3. The predicted molar refractivity (Wildman–Crippen MR) is 150 cm³/mol. The van der Waals surface area contributed by atoms with Gasteiger partial charge in [0.1, 0.15) is 17.5 Å². The number of piperidine rings is 3. The summed E-state index contributed by atoms with van der Waals surface area (Å²) >= 11 is 0. The fourth-order valence-electron chi connectivity index (χ4n) is 8.49. The van der Waals surface area contributed by atoms with Gasteiger partial charge in [-0.05, 0) is 122 Å². The van der Waals surface area contributed by atoms with Crippen molar-refractivity contribution in [3.05, 3.63) is 17.5 Å². The van der Waals surface area contributed by atoms with Crippen LogP contribution in [0.3, 0.4) is 0 Å². The van der Waals surface area contributed by atoms with Crippen LogP contribution in [0, 0.1) is 0 Å². The third-order valence-corrected chi connectivity index (χ3v) is 8.35. The first kappa shape index (κ1) is 27.9. The number of hydrogen-bond acceptors (Lipinski definition) is 6. The molecule has 0 aromatic carbocycles. The predicted octanol–water partition coefficient (Wildman–Crippen LogP) is 5.94. The van der Waals surface area contributed by atoms with Gasteiger partial charge in [0.2, 0.25) is 0 Å². The van der Waals surface area contributed by atoms with E-state index in [1.54, 1.807) is 0 Å². The van der Waals surface area contributed by atoms with Gasteiger partial charge in [0.15, 0.2) is 0 Å². The van der Waals surface area contributed by atoms with Crippen LogP contribution in [0.1, 0.15) is 157 Å². The Morgan fingerprint density at radius 3 is 0.722 bits per heavy atom. The van der Waals surface area contributed by atoms with Gasteiger partial charge in [-0.15, -0.1) is 0 Å². The van der Waals surface area contributed by atoms with Crippen molar-refractivity contribution in [2.45, 2.75) is 173 Å². The molecule has 0 atom stereocenters. The van der Waals surface area contributed by atoms with Gasteiger partial charge in [0, 0.05) is 51.0 Å². The maximum absolute atomic E-state index is 5.32. The molecule has 3 aliphatic rings. The van der Waals surface area contributed by atoms with Crippen molar-refractivity contribution in [2.24, 2.45) is 0 Å². The zero-order valence-corrected chi connectivity index (χ0v) is 25.3. The largest absolute Gasteiger partial charge is 0.307 e. The first-order valence-corrected chi connectivity index (χ1v) is 14.3. The molecule has 0 saturated carbocycles. The minimum atomic E-state index is 0.0524. The van der Waals surface area contributed by atoms with Crippen molar-refractivity contribution in [1.29, 1.82) is 0 Å². The van der Waals surface area contributed by atoms with Crippen molar-refractivity contribution in [1.82, 2.24) is 30.9 Å². The second kappa shape index (κ2) is 8.71. The normalized spacial score (nSPS) is 29.7. The van der Waals surface area contributed by atoms with Crippen molar-refractivity contribution < 1.29 is 0 Å². The topological polar surface area (TPSA) is 74.8 Å². The second-order valence-corrected chi connectivity index (χ2v) is 16.4. The van der Waals surface area contributed by atoms with E-state index in [1.807, 2.05) is 0 Å². The summed E-state index contributed by atoms with van der Waals surface area (Å²) in [6, 6.07) is 0. The Kier molecular flexibility index (Phi) is 6.75. The molecule has 0 unspecified atom stereocenters. The number of nitrogens with one attached hydrogen (secondary N) is 3. The first-order valence-electron chi connectivity index (χ1n) is 14.3. The van der Waals surface area contributed by atoms with Crippen LogP contribution >= 0.6 is 0 Å². The molecular weight excluding hydrogens is 444 g/mol. The molecular formula is C30H54N6. The van der Waals surface area contributed by atoms with E-state index in [2.05, 4.69) is 99.0 Å². The molecule has 3 saturated heterocycles. The van der Waals surface area contributed by atoms with Gasteiger partial charge in [-0.1, -0.05) is 0 Å². The Morgan fingerprint density at radius 1 is 0.389 bits per heavy atom. The molecule has 1 aromatic heterocycles. The standard InChI is InChI=1S/C30H54N6/c1-25(2)13-19(14-26(3,4)34-25)22-31-23(20-15-27(5,6)35-28(7,8)16-20)33-24(32-22)21-17-29(9,10)36-30(11,12)18-21/h19-21,34-36H,13-18H2,1-12H3. The van der Waals surface area contributed by atoms with Crippen LogP contribution in [0.4, 0.5) is 0 Å². The van der Waals surface area contributed by atoms with Gasteiger partial charge in [0.05, 0.1) is 0 Å². The van der Waals surface area contributed by atoms with Crippen LogP contribution < -0.4 is 16.0 Å². The van der Waals surface area contributed by atoms with Crippen molar-refractivity contribution in [2.75, 3.05) is 0 Å². The zero-order valence-electron chi connectivity index (χ0n) is 25.3. The zero-order chi connectivity index (χ0) is 26.9. The van der Waals surface area contributed by atoms with E-state index in [0.717, 1.165) is 56.0 Å². The molecule has 3 fully saturated rings. The Hall–Kier alpha value is -1.11. The molecule has 0 bridgehead atoms. The Balaban J connectivity index is 1.79. The molecule has 3 N–H and O–H groups in total. The van der Waals surface area contributed by atoms with Crippen molar-refractivity contribution in [3.63, 3.8) is 0 Å². The fraction of sp³-hybridized carbons (Fsp3) is 0.900. The molecule has 6 nitrogen and oxygen atoms in total. The lowest BCUT2D eigenvalue weighted by Crippen LogP contribution is -2.58. The second-order valence-electron chi connectivity index (χ2n) is 16.4. The van der Waals surface area contributed by atoms with Crippen LogP contribution in [0.2, 0.25) is 0 Å². The van der Waals surface area contributed by atoms with Gasteiger partial charge >= 0.3 is 0 Å². The lowest BCUT2D eigenvalue weighted by Gasteiger charge is -2.47. The summed E-state index contributed by atoms with van der Waals surface area (Å²) in [5.74, 6) is 4.09. The first-order chi connectivity index (χ1) is 16.1. The third kappa shape index (κ3) is 6.66. The molecule has 0 aliphatic carbocycles. The summed E-state index contributed by atoms with van der Waals surface area (Å²) in [6.07, 6.45) is 6.28. The van der Waals surface area contributed by atoms with Gasteiger partial charge in [0.25, 0.3) is 0 Å². The SMILES string of the molecule is CC1(C)CC(c2nc(C3CC(C)(C)NC(C)(C)C3)nc(C3CC(C)(C)NC(C)(C)C3)n2)CC(C)(C)N1. The van der Waals surface area contributed by atoms with Crippen molar-refractivity contribution in [3.8, 4) is 0 Å². The highest BCUT2D eigenvalue weighted by Gasteiger charge is 2.44. The summed E-state index contributed by atoms with van der Waals surface area (Å²) in [7, 11) is 0. The highest BCUT2D eigenvalue weighted by atomic mass is 15.1. The maximum Gasteiger partial charge on any atom is 0.135 e. The fourth-order valence-corrected chi connectivity index (χ4v) is 8.49. The van der Waals surface area contributed by atoms with Crippen LogP contribution in [0.25, 0.3) is 0 Å². The van der Waals surface area contributed by atoms with Crippen LogP contribution in [-0.2, 0) is 0 Å². The van der Waals surface area contributed by atoms with Gasteiger partial charge in [-0.25, -0.2) is 15.0 Å². The van der Waals surface area contributed by atoms with E-state index in [1.165, 1.54) is 0 Å². The molecule has 0 radical (unpaired) electrons. The molecule has 204 valence electrons. The number of aromatic nitrogens is 3. The molecule has 0 spiro atoms. The monoisotopic (exact) mass is 498 g/mol. The van der Waals surface area contributed by atoms with Gasteiger partial charge in [-0.3, -0.25) is 0 Å². The molecule has 1 aromatic rings. The van der Waals surface area contributed by atoms with Gasteiger partial charge in [-0.2, -0.15) is 0 Å². The summed E-state index contributed by atoms with van der Waals surface area (Å²) in [5.41, 5.74) is 0.315. The maximum atomic E-state index is 5.32. The minimum absolute atomic E-state index is 0.0524. The van der Waals surface area contributed by atoms with E-state index >= 15 is 0 Å². The summed E-state index contributed by atoms with van der Waals surface area (Å²) in [5, 5.41) is 11.5. The van der Waals surface area contributed by atoms with Crippen LogP contribution in [0.5, 0.6) is 0 Å². The van der Waals surface area contributed by atoms with E-state index in [9.17, 15) is 0 Å². The van der Waals surface area contributed by atoms with E-state index in [4.69, 9.17) is 15.0 Å². The Bertz CT molecular complexity index is 790. The average Bonchev–Trinajstić information content (AvgIpc) is 2.60. The molecule has 0 amide bonds. The Morgan fingerprint density at radius 2 is 0.556 bits per heavy atom. The minimum Gasteiger partial charge on any atom is -0.307 e. The molecule has 6 heteroatoms. The van der Waals surface area contributed by atoms with Crippen molar-refractivity contribution >= 4 is 0 Å². The molecule has 3 aliphatic heterocycles. The molecule has 4 rings (SSSR count). The average molecular weight is 499 g/mol. The van der Waals surface area contributed by atoms with Crippen LogP contribution in [0.15, 0.2) is 0 Å². The van der Waals surface area contributed by atoms with E-state index in [0.29, 0.717) is 17.8 Å². The van der Waals surface area contributed by atoms with Crippen LogP contribution in [-0.4, -0.2) is 48.2 Å². The highest BCUT2D eigenvalue weighted by Crippen LogP contribution is 2.43. The lowest BCUT2D eigenvalue weighted by atomic mass is 9.74. The summed E-state index contributed by atoms with van der Waals surface area (Å²) < 4.78 is 0. The smallest absolute Gasteiger partial charge is 0.135 e. The number of nitrogens with zero attached hydrogens (tertiary/aromatic N) is 3. The Labute approximate surface area is 221 Å². The van der Waals surface area contributed by atoms with Gasteiger partial charge < -0.3 is 16.0 Å². The quantitative estimate of drug-likeness (QED) is 0.479. The number of hydrogen-bond donors (Lipinski definition) is 3. The molecule has 4 heterocycles. The summed E-state index contributed by atoms with van der Waals surface area (Å²) in [4.78, 5) is 16.0. The lowest BCUT2D eigenvalue weighted by molar-refractivity contribution is 0.148.